The van der Waals surface area contributed by atoms with E-state index in [9.17, 15) is 4.79 Å². The molecular formula is C18H15N5O2S2. The minimum Gasteiger partial charge on any atom is -0.448 e. The van der Waals surface area contributed by atoms with Crippen molar-refractivity contribution in [3.8, 4) is 22.0 Å². The number of nitrogens with zero attached hydrogens (tertiary/aromatic N) is 4. The molecule has 0 unspecified atom stereocenters. The second kappa shape index (κ2) is 6.43. The lowest BCUT2D eigenvalue weighted by molar-refractivity contribution is 0.156. The molecule has 1 N–H and O–H groups in total. The van der Waals surface area contributed by atoms with E-state index < -0.39 is 0 Å². The van der Waals surface area contributed by atoms with Crippen LogP contribution >= 0.6 is 22.7 Å². The first-order valence-corrected chi connectivity index (χ1v) is 10.2. The van der Waals surface area contributed by atoms with Crippen molar-refractivity contribution in [2.75, 3.05) is 13.2 Å². The molecule has 1 amide bonds. The topological polar surface area (TPSA) is 84.0 Å². The number of amides is 1. The summed E-state index contributed by atoms with van der Waals surface area (Å²) >= 11 is 3.17. The van der Waals surface area contributed by atoms with Crippen molar-refractivity contribution < 1.29 is 9.53 Å². The number of aryl methyl sites for hydroxylation is 1. The highest BCUT2D eigenvalue weighted by molar-refractivity contribution is 7.16. The SMILES string of the molecule is Cc1csc(-c2nc(CN3CCOC3=O)[nH]c2-c2ccc3ncsc3c2)n1. The lowest BCUT2D eigenvalue weighted by Crippen LogP contribution is -2.24. The van der Waals surface area contributed by atoms with Gasteiger partial charge in [-0.2, -0.15) is 0 Å². The Morgan fingerprint density at radius 3 is 3.00 bits per heavy atom. The summed E-state index contributed by atoms with van der Waals surface area (Å²) < 4.78 is 6.13. The van der Waals surface area contributed by atoms with Crippen molar-refractivity contribution >= 4 is 39.0 Å². The molecule has 0 saturated carbocycles. The third kappa shape index (κ3) is 2.98. The quantitative estimate of drug-likeness (QED) is 0.561. The first kappa shape index (κ1) is 16.4. The summed E-state index contributed by atoms with van der Waals surface area (Å²) in [4.78, 5) is 30.5. The molecular weight excluding hydrogens is 382 g/mol. The molecule has 1 aromatic carbocycles. The Labute approximate surface area is 162 Å². The number of fused-ring (bicyclic) bond motifs is 1. The fourth-order valence-electron chi connectivity index (χ4n) is 3.08. The highest BCUT2D eigenvalue weighted by Gasteiger charge is 2.25. The van der Waals surface area contributed by atoms with E-state index in [4.69, 9.17) is 9.72 Å². The first-order valence-electron chi connectivity index (χ1n) is 8.44. The van der Waals surface area contributed by atoms with Gasteiger partial charge in [0.2, 0.25) is 0 Å². The summed E-state index contributed by atoms with van der Waals surface area (Å²) in [6.07, 6.45) is -0.300. The highest BCUT2D eigenvalue weighted by Crippen LogP contribution is 2.34. The van der Waals surface area contributed by atoms with E-state index in [1.807, 2.05) is 29.9 Å². The zero-order chi connectivity index (χ0) is 18.4. The second-order valence-electron chi connectivity index (χ2n) is 6.27. The molecule has 27 heavy (non-hydrogen) atoms. The molecule has 0 atom stereocenters. The molecule has 4 heterocycles. The summed E-state index contributed by atoms with van der Waals surface area (Å²) in [6, 6.07) is 6.15. The highest BCUT2D eigenvalue weighted by atomic mass is 32.1. The zero-order valence-corrected chi connectivity index (χ0v) is 16.1. The Bertz CT molecular complexity index is 1150. The fourth-order valence-corrected chi connectivity index (χ4v) is 4.59. The van der Waals surface area contributed by atoms with Crippen LogP contribution in [0.5, 0.6) is 0 Å². The maximum Gasteiger partial charge on any atom is 0.410 e. The Balaban J connectivity index is 1.60. The van der Waals surface area contributed by atoms with Crippen molar-refractivity contribution in [3.63, 3.8) is 0 Å². The van der Waals surface area contributed by atoms with Crippen LogP contribution in [-0.2, 0) is 11.3 Å². The normalized spacial score (nSPS) is 14.3. The predicted molar refractivity (Wildman–Crippen MR) is 105 cm³/mol. The van der Waals surface area contributed by atoms with E-state index in [0.29, 0.717) is 19.7 Å². The summed E-state index contributed by atoms with van der Waals surface area (Å²) in [6.45, 7) is 3.36. The lowest BCUT2D eigenvalue weighted by atomic mass is 10.1. The van der Waals surface area contributed by atoms with Crippen LogP contribution in [0, 0.1) is 6.92 Å². The van der Waals surface area contributed by atoms with Gasteiger partial charge in [-0.15, -0.1) is 22.7 Å². The fraction of sp³-hybridized carbons (Fsp3) is 0.222. The largest absolute Gasteiger partial charge is 0.448 e. The molecule has 3 aromatic heterocycles. The molecule has 1 aliphatic heterocycles. The second-order valence-corrected chi connectivity index (χ2v) is 8.02. The number of hydrogen-bond donors (Lipinski definition) is 1. The molecule has 1 aliphatic rings. The van der Waals surface area contributed by atoms with Crippen molar-refractivity contribution in [1.29, 1.82) is 0 Å². The number of carbonyl (C=O) groups excluding carboxylic acids is 1. The van der Waals surface area contributed by atoms with E-state index in [1.165, 1.54) is 0 Å². The van der Waals surface area contributed by atoms with Gasteiger partial charge in [-0.3, -0.25) is 4.90 Å². The van der Waals surface area contributed by atoms with Crippen molar-refractivity contribution in [2.24, 2.45) is 0 Å². The number of imidazole rings is 1. The number of carbonyl (C=O) groups is 1. The molecule has 9 heteroatoms. The number of aromatic amines is 1. The third-order valence-corrected chi connectivity index (χ3v) is 6.14. The number of aromatic nitrogens is 4. The van der Waals surface area contributed by atoms with Crippen LogP contribution in [-0.4, -0.2) is 44.1 Å². The van der Waals surface area contributed by atoms with E-state index in [1.54, 1.807) is 27.6 Å². The van der Waals surface area contributed by atoms with Crippen LogP contribution in [0.2, 0.25) is 0 Å². The van der Waals surface area contributed by atoms with Gasteiger partial charge in [0.15, 0.2) is 0 Å². The standard InChI is InChI=1S/C18H15N5O2S2/c1-10-8-26-17(20-10)16-15(11-2-3-12-13(6-11)27-9-19-12)21-14(22-16)7-23-4-5-25-18(23)24/h2-3,6,8-9H,4-5,7H2,1H3,(H,21,22). The van der Waals surface area contributed by atoms with Gasteiger partial charge in [0.1, 0.15) is 23.1 Å². The number of ether oxygens (including phenoxy) is 1. The van der Waals surface area contributed by atoms with Gasteiger partial charge in [-0.25, -0.2) is 19.7 Å². The summed E-state index contributed by atoms with van der Waals surface area (Å²) in [5.74, 6) is 0.719. The Morgan fingerprint density at radius 1 is 1.30 bits per heavy atom. The van der Waals surface area contributed by atoms with Crippen molar-refractivity contribution in [2.45, 2.75) is 13.5 Å². The number of cyclic esters (lactones) is 1. The monoisotopic (exact) mass is 397 g/mol. The van der Waals surface area contributed by atoms with E-state index in [-0.39, 0.29) is 6.09 Å². The van der Waals surface area contributed by atoms with Gasteiger partial charge in [0.25, 0.3) is 0 Å². The maximum atomic E-state index is 11.8. The minimum absolute atomic E-state index is 0.300. The first-order chi connectivity index (χ1) is 13.2. The third-order valence-electron chi connectivity index (χ3n) is 4.38. The van der Waals surface area contributed by atoms with Crippen molar-refractivity contribution in [3.05, 3.63) is 40.6 Å². The van der Waals surface area contributed by atoms with E-state index in [2.05, 4.69) is 21.0 Å². The van der Waals surface area contributed by atoms with Crippen LogP contribution in [0.4, 0.5) is 4.79 Å². The van der Waals surface area contributed by atoms with Crippen molar-refractivity contribution in [1.82, 2.24) is 24.8 Å². The smallest absolute Gasteiger partial charge is 0.410 e. The van der Waals surface area contributed by atoms with E-state index in [0.717, 1.165) is 43.7 Å². The summed E-state index contributed by atoms with van der Waals surface area (Å²) in [5, 5.41) is 2.87. The van der Waals surface area contributed by atoms with E-state index >= 15 is 0 Å². The van der Waals surface area contributed by atoms with Gasteiger partial charge in [-0.05, 0) is 19.1 Å². The number of rotatable bonds is 4. The predicted octanol–water partition coefficient (Wildman–Crippen LogP) is 4.07. The van der Waals surface area contributed by atoms with Gasteiger partial charge in [0, 0.05) is 16.6 Å². The number of benzene rings is 1. The minimum atomic E-state index is -0.300. The molecule has 7 nitrogen and oxygen atoms in total. The van der Waals surface area contributed by atoms with Crippen LogP contribution < -0.4 is 0 Å². The average molecular weight is 397 g/mol. The molecule has 0 bridgehead atoms. The number of nitrogens with one attached hydrogen (secondary N) is 1. The summed E-state index contributed by atoms with van der Waals surface area (Å²) in [7, 11) is 0. The number of H-pyrrole nitrogens is 1. The van der Waals surface area contributed by atoms with Gasteiger partial charge >= 0.3 is 6.09 Å². The number of thiazole rings is 2. The Hall–Kier alpha value is -2.78. The molecule has 4 aromatic rings. The zero-order valence-electron chi connectivity index (χ0n) is 14.4. The average Bonchev–Trinajstić information content (AvgIpc) is 3.43. The van der Waals surface area contributed by atoms with Crippen LogP contribution in [0.15, 0.2) is 29.1 Å². The van der Waals surface area contributed by atoms with Crippen LogP contribution in [0.1, 0.15) is 11.5 Å². The van der Waals surface area contributed by atoms with Crippen LogP contribution in [0.3, 0.4) is 0 Å². The Kier molecular flexibility index (Phi) is 3.91. The summed E-state index contributed by atoms with van der Waals surface area (Å²) in [5.41, 5.74) is 6.53. The van der Waals surface area contributed by atoms with Gasteiger partial charge < -0.3 is 9.72 Å². The molecule has 0 spiro atoms. The Morgan fingerprint density at radius 2 is 2.22 bits per heavy atom. The maximum absolute atomic E-state index is 11.8. The molecule has 1 fully saturated rings. The van der Waals surface area contributed by atoms with Gasteiger partial charge in [-0.1, -0.05) is 6.07 Å². The molecule has 0 aliphatic carbocycles. The van der Waals surface area contributed by atoms with Gasteiger partial charge in [0.05, 0.1) is 34.5 Å². The molecule has 136 valence electrons. The molecule has 5 rings (SSSR count). The number of hydrogen-bond acceptors (Lipinski definition) is 7. The molecule has 1 saturated heterocycles. The lowest BCUT2D eigenvalue weighted by Gasteiger charge is -2.09. The molecule has 0 radical (unpaired) electrons. The van der Waals surface area contributed by atoms with Crippen LogP contribution in [0.25, 0.3) is 32.2 Å².